The van der Waals surface area contributed by atoms with Crippen LogP contribution in [0.3, 0.4) is 0 Å². The van der Waals surface area contributed by atoms with Crippen LogP contribution in [0, 0.1) is 0 Å². The standard InChI is InChI=1S/C13H15N3O2/c1-2-18-13(17)11-6-10(8-16-11)12(14)9-4-3-5-15-7-9/h3-8,12,16H,2,14H2,1H3. The summed E-state index contributed by atoms with van der Waals surface area (Å²) in [5.74, 6) is -0.373. The summed E-state index contributed by atoms with van der Waals surface area (Å²) in [5, 5.41) is 0. The number of nitrogens with one attached hydrogen (secondary N) is 1. The van der Waals surface area contributed by atoms with E-state index in [0.717, 1.165) is 11.1 Å². The molecule has 0 bridgehead atoms. The summed E-state index contributed by atoms with van der Waals surface area (Å²) in [6.07, 6.45) is 5.11. The first kappa shape index (κ1) is 12.3. The number of carbonyl (C=O) groups is 1. The molecule has 94 valence electrons. The smallest absolute Gasteiger partial charge is 0.354 e. The van der Waals surface area contributed by atoms with Crippen molar-refractivity contribution < 1.29 is 9.53 Å². The number of carbonyl (C=O) groups excluding carboxylic acids is 1. The molecule has 0 spiro atoms. The predicted molar refractivity (Wildman–Crippen MR) is 67.0 cm³/mol. The van der Waals surface area contributed by atoms with Crippen LogP contribution < -0.4 is 5.73 Å². The molecular weight excluding hydrogens is 230 g/mol. The van der Waals surface area contributed by atoms with Gasteiger partial charge in [0.2, 0.25) is 0 Å². The van der Waals surface area contributed by atoms with Crippen LogP contribution in [0.5, 0.6) is 0 Å². The Morgan fingerprint density at radius 2 is 2.39 bits per heavy atom. The highest BCUT2D eigenvalue weighted by Gasteiger charge is 2.14. The van der Waals surface area contributed by atoms with Gasteiger partial charge in [-0.3, -0.25) is 4.98 Å². The summed E-state index contributed by atoms with van der Waals surface area (Å²) in [6.45, 7) is 2.12. The fraction of sp³-hybridized carbons (Fsp3) is 0.231. The molecule has 5 nitrogen and oxygen atoms in total. The molecule has 0 fully saturated rings. The van der Waals surface area contributed by atoms with E-state index < -0.39 is 0 Å². The quantitative estimate of drug-likeness (QED) is 0.802. The van der Waals surface area contributed by atoms with Gasteiger partial charge in [0.25, 0.3) is 0 Å². The summed E-state index contributed by atoms with van der Waals surface area (Å²) >= 11 is 0. The third kappa shape index (κ3) is 2.57. The minimum Gasteiger partial charge on any atom is -0.461 e. The molecule has 2 aromatic heterocycles. The number of nitrogens with zero attached hydrogens (tertiary/aromatic N) is 1. The van der Waals surface area contributed by atoms with Gasteiger partial charge in [0, 0.05) is 18.6 Å². The van der Waals surface area contributed by atoms with Crippen LogP contribution in [-0.4, -0.2) is 22.5 Å². The third-order valence-electron chi connectivity index (χ3n) is 2.60. The maximum absolute atomic E-state index is 11.5. The van der Waals surface area contributed by atoms with Gasteiger partial charge in [0.05, 0.1) is 12.6 Å². The van der Waals surface area contributed by atoms with Crippen LogP contribution in [0.25, 0.3) is 0 Å². The van der Waals surface area contributed by atoms with Crippen molar-refractivity contribution in [3.63, 3.8) is 0 Å². The van der Waals surface area contributed by atoms with E-state index in [9.17, 15) is 4.79 Å². The van der Waals surface area contributed by atoms with Crippen molar-refractivity contribution >= 4 is 5.97 Å². The van der Waals surface area contributed by atoms with E-state index in [0.29, 0.717) is 12.3 Å². The SMILES string of the molecule is CCOC(=O)c1cc(C(N)c2cccnc2)c[nH]1. The molecule has 1 unspecified atom stereocenters. The number of hydrogen-bond donors (Lipinski definition) is 2. The Morgan fingerprint density at radius 3 is 3.06 bits per heavy atom. The highest BCUT2D eigenvalue weighted by atomic mass is 16.5. The molecule has 0 radical (unpaired) electrons. The molecule has 2 rings (SSSR count). The monoisotopic (exact) mass is 245 g/mol. The van der Waals surface area contributed by atoms with Gasteiger partial charge in [-0.25, -0.2) is 4.79 Å². The first-order chi connectivity index (χ1) is 8.72. The average molecular weight is 245 g/mol. The minimum atomic E-state index is -0.373. The minimum absolute atomic E-state index is 0.307. The second-order valence-corrected chi connectivity index (χ2v) is 3.83. The highest BCUT2D eigenvalue weighted by Crippen LogP contribution is 2.19. The molecule has 0 aliphatic rings. The molecule has 0 saturated carbocycles. The molecule has 2 aromatic rings. The fourth-order valence-electron chi connectivity index (χ4n) is 1.67. The molecule has 0 aliphatic heterocycles. The van der Waals surface area contributed by atoms with Gasteiger partial charge in [-0.05, 0) is 30.2 Å². The molecule has 0 aliphatic carbocycles. The second-order valence-electron chi connectivity index (χ2n) is 3.83. The van der Waals surface area contributed by atoms with Crippen molar-refractivity contribution in [2.75, 3.05) is 6.61 Å². The Kier molecular flexibility index (Phi) is 3.74. The van der Waals surface area contributed by atoms with Crippen molar-refractivity contribution in [3.8, 4) is 0 Å². The van der Waals surface area contributed by atoms with E-state index in [1.807, 2.05) is 12.1 Å². The topological polar surface area (TPSA) is 81.0 Å². The lowest BCUT2D eigenvalue weighted by Crippen LogP contribution is -2.11. The predicted octanol–water partition coefficient (Wildman–Crippen LogP) is 1.63. The van der Waals surface area contributed by atoms with Crippen LogP contribution in [-0.2, 0) is 4.74 Å². The van der Waals surface area contributed by atoms with Crippen LogP contribution in [0.2, 0.25) is 0 Å². The molecule has 18 heavy (non-hydrogen) atoms. The number of esters is 1. The lowest BCUT2D eigenvalue weighted by molar-refractivity contribution is 0.0520. The summed E-state index contributed by atoms with van der Waals surface area (Å²) < 4.78 is 4.90. The van der Waals surface area contributed by atoms with Gasteiger partial charge in [0.15, 0.2) is 0 Å². The molecule has 1 atom stereocenters. The van der Waals surface area contributed by atoms with Gasteiger partial charge in [0.1, 0.15) is 5.69 Å². The van der Waals surface area contributed by atoms with Crippen LogP contribution in [0.15, 0.2) is 36.8 Å². The van der Waals surface area contributed by atoms with E-state index in [2.05, 4.69) is 9.97 Å². The number of nitrogens with two attached hydrogens (primary N) is 1. The van der Waals surface area contributed by atoms with Crippen molar-refractivity contribution in [1.29, 1.82) is 0 Å². The van der Waals surface area contributed by atoms with Crippen LogP contribution >= 0.6 is 0 Å². The number of aromatic amines is 1. The molecule has 5 heteroatoms. The van der Waals surface area contributed by atoms with E-state index in [1.54, 1.807) is 31.6 Å². The zero-order valence-corrected chi connectivity index (χ0v) is 10.1. The van der Waals surface area contributed by atoms with E-state index in [4.69, 9.17) is 10.5 Å². The number of H-pyrrole nitrogens is 1. The zero-order chi connectivity index (χ0) is 13.0. The maximum atomic E-state index is 11.5. The van der Waals surface area contributed by atoms with Gasteiger partial charge < -0.3 is 15.5 Å². The first-order valence-corrected chi connectivity index (χ1v) is 5.73. The number of hydrogen-bond acceptors (Lipinski definition) is 4. The lowest BCUT2D eigenvalue weighted by atomic mass is 10.0. The number of pyridine rings is 1. The normalized spacial score (nSPS) is 12.1. The average Bonchev–Trinajstić information content (AvgIpc) is 2.89. The summed E-state index contributed by atoms with van der Waals surface area (Å²) in [7, 11) is 0. The van der Waals surface area contributed by atoms with E-state index in [1.165, 1.54) is 0 Å². The van der Waals surface area contributed by atoms with Gasteiger partial charge in [-0.15, -0.1) is 0 Å². The Labute approximate surface area is 105 Å². The molecule has 0 aromatic carbocycles. The number of rotatable bonds is 4. The summed E-state index contributed by atoms with van der Waals surface area (Å²) in [6, 6.07) is 5.12. The number of ether oxygens (including phenoxy) is 1. The summed E-state index contributed by atoms with van der Waals surface area (Å²) in [4.78, 5) is 18.4. The Morgan fingerprint density at radius 1 is 1.56 bits per heavy atom. The molecule has 0 amide bonds. The van der Waals surface area contributed by atoms with Crippen molar-refractivity contribution in [2.24, 2.45) is 5.73 Å². The largest absolute Gasteiger partial charge is 0.461 e. The van der Waals surface area contributed by atoms with Crippen molar-refractivity contribution in [2.45, 2.75) is 13.0 Å². The molecular formula is C13H15N3O2. The lowest BCUT2D eigenvalue weighted by Gasteiger charge is -2.08. The summed E-state index contributed by atoms with van der Waals surface area (Å²) in [5.41, 5.74) is 8.22. The van der Waals surface area contributed by atoms with E-state index in [-0.39, 0.29) is 12.0 Å². The zero-order valence-electron chi connectivity index (χ0n) is 10.1. The molecule has 3 N–H and O–H groups in total. The van der Waals surface area contributed by atoms with Gasteiger partial charge >= 0.3 is 5.97 Å². The van der Waals surface area contributed by atoms with Crippen molar-refractivity contribution in [1.82, 2.24) is 9.97 Å². The number of aromatic nitrogens is 2. The highest BCUT2D eigenvalue weighted by molar-refractivity contribution is 5.87. The second kappa shape index (κ2) is 5.46. The molecule has 0 saturated heterocycles. The van der Waals surface area contributed by atoms with Crippen LogP contribution in [0.4, 0.5) is 0 Å². The fourth-order valence-corrected chi connectivity index (χ4v) is 1.67. The van der Waals surface area contributed by atoms with Gasteiger partial charge in [-0.1, -0.05) is 6.07 Å². The first-order valence-electron chi connectivity index (χ1n) is 5.73. The molecule has 2 heterocycles. The van der Waals surface area contributed by atoms with Crippen molar-refractivity contribution in [3.05, 3.63) is 53.6 Å². The Balaban J connectivity index is 2.17. The maximum Gasteiger partial charge on any atom is 0.354 e. The Hall–Kier alpha value is -2.14. The Bertz CT molecular complexity index is 522. The third-order valence-corrected chi connectivity index (χ3v) is 2.60. The van der Waals surface area contributed by atoms with E-state index >= 15 is 0 Å². The van der Waals surface area contributed by atoms with Gasteiger partial charge in [-0.2, -0.15) is 0 Å². The van der Waals surface area contributed by atoms with Crippen LogP contribution in [0.1, 0.15) is 34.6 Å².